The fraction of sp³-hybridized carbons (Fsp3) is 0.556. The minimum Gasteiger partial charge on any atom is -0.299 e. The lowest BCUT2D eigenvalue weighted by Crippen LogP contribution is -2.01. The van der Waals surface area contributed by atoms with Crippen molar-refractivity contribution in [3.05, 3.63) is 16.4 Å². The molecule has 0 saturated carbocycles. The number of aryl methyl sites for hydroxylation is 1. The van der Waals surface area contributed by atoms with Gasteiger partial charge in [0.2, 0.25) is 0 Å². The Kier molecular flexibility index (Phi) is 3.66. The third kappa shape index (κ3) is 2.40. The Hall–Kier alpha value is -0.640. The van der Waals surface area contributed by atoms with E-state index in [4.69, 9.17) is 0 Å². The lowest BCUT2D eigenvalue weighted by Gasteiger charge is -1.98. The average molecular weight is 245 g/mol. The summed E-state index contributed by atoms with van der Waals surface area (Å²) in [5, 5.41) is 4.14. The van der Waals surface area contributed by atoms with Crippen LogP contribution >= 0.6 is 15.9 Å². The second-order valence-corrected chi connectivity index (χ2v) is 3.60. The van der Waals surface area contributed by atoms with E-state index in [0.717, 1.165) is 16.7 Å². The molecule has 0 unspecified atom stereocenters. The molecule has 3 nitrogen and oxygen atoms in total. The first-order valence-electron chi connectivity index (χ1n) is 4.40. The van der Waals surface area contributed by atoms with Crippen LogP contribution < -0.4 is 0 Å². The molecule has 0 aliphatic rings. The van der Waals surface area contributed by atoms with E-state index in [1.807, 2.05) is 18.5 Å². The molecule has 0 aromatic carbocycles. The number of nitrogens with zero attached hydrogens (tertiary/aromatic N) is 2. The molecule has 0 aliphatic carbocycles. The van der Waals surface area contributed by atoms with Gasteiger partial charge in [0.15, 0.2) is 0 Å². The molecule has 0 aliphatic heterocycles. The zero-order valence-corrected chi connectivity index (χ0v) is 9.47. The Morgan fingerprint density at radius 3 is 2.77 bits per heavy atom. The Balaban J connectivity index is 2.78. The molecule has 13 heavy (non-hydrogen) atoms. The topological polar surface area (TPSA) is 34.9 Å². The molecular weight excluding hydrogens is 232 g/mol. The van der Waals surface area contributed by atoms with E-state index in [0.29, 0.717) is 12.8 Å². The van der Waals surface area contributed by atoms with E-state index >= 15 is 0 Å². The summed E-state index contributed by atoms with van der Waals surface area (Å²) in [5.41, 5.74) is 0.980. The lowest BCUT2D eigenvalue weighted by atomic mass is 10.1. The number of aromatic nitrogens is 2. The molecule has 1 aromatic rings. The molecule has 0 spiro atoms. The van der Waals surface area contributed by atoms with Crippen LogP contribution in [0, 0.1) is 0 Å². The molecule has 72 valence electrons. The van der Waals surface area contributed by atoms with Crippen LogP contribution in [0.4, 0.5) is 0 Å². The zero-order chi connectivity index (χ0) is 9.84. The van der Waals surface area contributed by atoms with Crippen molar-refractivity contribution in [1.82, 2.24) is 9.78 Å². The van der Waals surface area contributed by atoms with Crippen LogP contribution in [-0.2, 0) is 17.8 Å². The minimum atomic E-state index is 0.247. The standard InChI is InChI=1S/C9H13BrN2O/c1-3-8(13)5-7-6-11-12(4-2)9(7)10/h6H,3-5H2,1-2H3. The van der Waals surface area contributed by atoms with Crippen LogP contribution in [0.1, 0.15) is 25.8 Å². The van der Waals surface area contributed by atoms with Gasteiger partial charge in [-0.3, -0.25) is 9.48 Å². The minimum absolute atomic E-state index is 0.247. The van der Waals surface area contributed by atoms with Crippen molar-refractivity contribution in [3.63, 3.8) is 0 Å². The highest BCUT2D eigenvalue weighted by Gasteiger charge is 2.09. The van der Waals surface area contributed by atoms with Gasteiger partial charge in [-0.05, 0) is 22.9 Å². The fourth-order valence-electron chi connectivity index (χ4n) is 1.09. The SMILES string of the molecule is CCC(=O)Cc1cnn(CC)c1Br. The smallest absolute Gasteiger partial charge is 0.137 e. The number of hydrogen-bond acceptors (Lipinski definition) is 2. The number of rotatable bonds is 4. The molecule has 1 aromatic heterocycles. The summed E-state index contributed by atoms with van der Waals surface area (Å²) in [6.45, 7) is 4.71. The first-order valence-corrected chi connectivity index (χ1v) is 5.20. The molecule has 0 bridgehead atoms. The number of hydrogen-bond donors (Lipinski definition) is 0. The highest BCUT2D eigenvalue weighted by atomic mass is 79.9. The van der Waals surface area contributed by atoms with E-state index < -0.39 is 0 Å². The van der Waals surface area contributed by atoms with Crippen molar-refractivity contribution in [2.75, 3.05) is 0 Å². The molecule has 0 N–H and O–H groups in total. The third-order valence-corrected chi connectivity index (χ3v) is 2.84. The van der Waals surface area contributed by atoms with Crippen molar-refractivity contribution in [3.8, 4) is 0 Å². The Bertz CT molecular complexity index is 307. The quantitative estimate of drug-likeness (QED) is 0.814. The summed E-state index contributed by atoms with van der Waals surface area (Å²) in [4.78, 5) is 11.2. The highest BCUT2D eigenvalue weighted by molar-refractivity contribution is 9.10. The van der Waals surface area contributed by atoms with Crippen molar-refractivity contribution in [2.24, 2.45) is 0 Å². The molecule has 0 fully saturated rings. The monoisotopic (exact) mass is 244 g/mol. The van der Waals surface area contributed by atoms with Gasteiger partial charge in [-0.2, -0.15) is 5.10 Å². The first kappa shape index (κ1) is 10.4. The van der Waals surface area contributed by atoms with Gasteiger partial charge in [0.1, 0.15) is 10.4 Å². The predicted octanol–water partition coefficient (Wildman–Crippen LogP) is 2.19. The van der Waals surface area contributed by atoms with E-state index in [2.05, 4.69) is 21.0 Å². The van der Waals surface area contributed by atoms with E-state index in [9.17, 15) is 4.79 Å². The van der Waals surface area contributed by atoms with E-state index in [-0.39, 0.29) is 5.78 Å². The largest absolute Gasteiger partial charge is 0.299 e. The van der Waals surface area contributed by atoms with Crippen LogP contribution in [0.3, 0.4) is 0 Å². The number of Topliss-reactive ketones (excluding diaryl/α,β-unsaturated/α-hetero) is 1. The second kappa shape index (κ2) is 4.56. The molecule has 0 atom stereocenters. The summed E-state index contributed by atoms with van der Waals surface area (Å²) in [6, 6.07) is 0. The maximum absolute atomic E-state index is 11.2. The van der Waals surface area contributed by atoms with Crippen LogP contribution in [0.15, 0.2) is 10.8 Å². The van der Waals surface area contributed by atoms with Crippen LogP contribution in [0.2, 0.25) is 0 Å². The Labute approximate surface area is 86.3 Å². The van der Waals surface area contributed by atoms with Crippen molar-refractivity contribution < 1.29 is 4.79 Å². The molecule has 1 rings (SSSR count). The number of halogens is 1. The summed E-state index contributed by atoms with van der Waals surface area (Å²) in [5.74, 6) is 0.247. The van der Waals surface area contributed by atoms with Gasteiger partial charge in [0.25, 0.3) is 0 Å². The third-order valence-electron chi connectivity index (χ3n) is 1.93. The van der Waals surface area contributed by atoms with E-state index in [1.165, 1.54) is 0 Å². The van der Waals surface area contributed by atoms with Gasteiger partial charge in [0.05, 0.1) is 6.20 Å². The Morgan fingerprint density at radius 1 is 1.62 bits per heavy atom. The van der Waals surface area contributed by atoms with Crippen LogP contribution in [-0.4, -0.2) is 15.6 Å². The maximum atomic E-state index is 11.2. The summed E-state index contributed by atoms with van der Waals surface area (Å²) < 4.78 is 2.76. The first-order chi connectivity index (χ1) is 6.19. The second-order valence-electron chi connectivity index (χ2n) is 2.85. The molecule has 0 amide bonds. The van der Waals surface area contributed by atoms with Gasteiger partial charge in [-0.15, -0.1) is 0 Å². The van der Waals surface area contributed by atoms with Gasteiger partial charge in [0, 0.05) is 24.9 Å². The predicted molar refractivity (Wildman–Crippen MR) is 54.6 cm³/mol. The van der Waals surface area contributed by atoms with Crippen LogP contribution in [0.25, 0.3) is 0 Å². The van der Waals surface area contributed by atoms with Gasteiger partial charge >= 0.3 is 0 Å². The normalized spacial score (nSPS) is 10.4. The zero-order valence-electron chi connectivity index (χ0n) is 7.88. The van der Waals surface area contributed by atoms with Crippen molar-refractivity contribution in [2.45, 2.75) is 33.2 Å². The van der Waals surface area contributed by atoms with Crippen molar-refractivity contribution in [1.29, 1.82) is 0 Å². The van der Waals surface area contributed by atoms with Gasteiger partial charge in [-0.1, -0.05) is 6.92 Å². The molecule has 4 heteroatoms. The van der Waals surface area contributed by atoms with Crippen molar-refractivity contribution >= 4 is 21.7 Å². The molecule has 0 saturated heterocycles. The summed E-state index contributed by atoms with van der Waals surface area (Å²) in [7, 11) is 0. The highest BCUT2D eigenvalue weighted by Crippen LogP contribution is 2.17. The number of carbonyl (C=O) groups is 1. The van der Waals surface area contributed by atoms with E-state index in [1.54, 1.807) is 6.20 Å². The lowest BCUT2D eigenvalue weighted by molar-refractivity contribution is -0.118. The number of ketones is 1. The van der Waals surface area contributed by atoms with Gasteiger partial charge < -0.3 is 0 Å². The number of carbonyl (C=O) groups excluding carboxylic acids is 1. The fourth-order valence-corrected chi connectivity index (χ4v) is 1.67. The molecular formula is C9H13BrN2O. The summed E-state index contributed by atoms with van der Waals surface area (Å²) >= 11 is 3.42. The molecule has 0 radical (unpaired) electrons. The maximum Gasteiger partial charge on any atom is 0.137 e. The molecule has 1 heterocycles. The Morgan fingerprint density at radius 2 is 2.31 bits per heavy atom. The average Bonchev–Trinajstić information content (AvgIpc) is 2.48. The summed E-state index contributed by atoms with van der Waals surface area (Å²) in [6.07, 6.45) is 2.82. The van der Waals surface area contributed by atoms with Gasteiger partial charge in [-0.25, -0.2) is 0 Å². The van der Waals surface area contributed by atoms with Crippen LogP contribution in [0.5, 0.6) is 0 Å².